The molecule has 0 saturated heterocycles. The quantitative estimate of drug-likeness (QED) is 0.603. The van der Waals surface area contributed by atoms with Crippen molar-refractivity contribution < 1.29 is 4.39 Å². The predicted molar refractivity (Wildman–Crippen MR) is 84.7 cm³/mol. The highest BCUT2D eigenvalue weighted by atomic mass is 79.9. The van der Waals surface area contributed by atoms with Crippen molar-refractivity contribution in [2.45, 2.75) is 6.92 Å². The van der Waals surface area contributed by atoms with Gasteiger partial charge in [0.2, 0.25) is 0 Å². The van der Waals surface area contributed by atoms with E-state index in [2.05, 4.69) is 20.9 Å². The number of fused-ring (bicyclic) bond motifs is 1. The molecule has 0 saturated carbocycles. The molecule has 0 fully saturated rings. The van der Waals surface area contributed by atoms with Gasteiger partial charge in [-0.25, -0.2) is 9.37 Å². The van der Waals surface area contributed by atoms with Gasteiger partial charge >= 0.3 is 0 Å². The Morgan fingerprint density at radius 1 is 1.24 bits per heavy atom. The molecule has 6 heteroatoms. The SMILES string of the molecule is Cc1c(Br)c2ccnc(Cl)c2c(=O)n1-c1ccc(F)cc1. The van der Waals surface area contributed by atoms with Crippen LogP contribution in [0, 0.1) is 12.7 Å². The molecule has 0 aliphatic rings. The molecule has 1 aromatic carbocycles. The van der Waals surface area contributed by atoms with Crippen LogP contribution in [0.3, 0.4) is 0 Å². The minimum atomic E-state index is -0.357. The Hall–Kier alpha value is -1.72. The molecule has 0 spiro atoms. The Morgan fingerprint density at radius 2 is 1.90 bits per heavy atom. The molecule has 106 valence electrons. The number of halogens is 3. The van der Waals surface area contributed by atoms with Gasteiger partial charge in [-0.3, -0.25) is 9.36 Å². The number of hydrogen-bond acceptors (Lipinski definition) is 2. The average molecular weight is 368 g/mol. The normalized spacial score (nSPS) is 11.0. The lowest BCUT2D eigenvalue weighted by Gasteiger charge is -2.14. The molecule has 3 nitrogen and oxygen atoms in total. The largest absolute Gasteiger partial charge is 0.280 e. The van der Waals surface area contributed by atoms with E-state index in [1.807, 2.05) is 6.92 Å². The van der Waals surface area contributed by atoms with E-state index in [1.54, 1.807) is 24.4 Å². The van der Waals surface area contributed by atoms with E-state index in [4.69, 9.17) is 11.6 Å². The maximum absolute atomic E-state index is 13.1. The lowest BCUT2D eigenvalue weighted by molar-refractivity contribution is 0.627. The molecule has 0 N–H and O–H groups in total. The Kier molecular flexibility index (Phi) is 3.55. The van der Waals surface area contributed by atoms with Gasteiger partial charge < -0.3 is 0 Å². The highest BCUT2D eigenvalue weighted by Crippen LogP contribution is 2.29. The summed E-state index contributed by atoms with van der Waals surface area (Å²) in [6.07, 6.45) is 1.55. The van der Waals surface area contributed by atoms with Crippen LogP contribution in [0.4, 0.5) is 4.39 Å². The van der Waals surface area contributed by atoms with E-state index in [-0.39, 0.29) is 16.5 Å². The van der Waals surface area contributed by atoms with Gasteiger partial charge in [-0.2, -0.15) is 0 Å². The second-order valence-electron chi connectivity index (χ2n) is 4.54. The van der Waals surface area contributed by atoms with Crippen LogP contribution >= 0.6 is 27.5 Å². The minimum absolute atomic E-state index is 0.147. The van der Waals surface area contributed by atoms with Gasteiger partial charge in [0.1, 0.15) is 11.0 Å². The average Bonchev–Trinajstić information content (AvgIpc) is 2.47. The third-order valence-electron chi connectivity index (χ3n) is 3.30. The van der Waals surface area contributed by atoms with Crippen LogP contribution in [-0.4, -0.2) is 9.55 Å². The van der Waals surface area contributed by atoms with E-state index >= 15 is 0 Å². The van der Waals surface area contributed by atoms with Crippen LogP contribution in [0.1, 0.15) is 5.69 Å². The summed E-state index contributed by atoms with van der Waals surface area (Å²) in [7, 11) is 0. The summed E-state index contributed by atoms with van der Waals surface area (Å²) < 4.78 is 15.3. The van der Waals surface area contributed by atoms with Gasteiger partial charge in [0, 0.05) is 27.4 Å². The van der Waals surface area contributed by atoms with E-state index < -0.39 is 0 Å². The van der Waals surface area contributed by atoms with Crippen molar-refractivity contribution in [1.82, 2.24) is 9.55 Å². The summed E-state index contributed by atoms with van der Waals surface area (Å²) in [6, 6.07) is 7.45. The second kappa shape index (κ2) is 5.24. The van der Waals surface area contributed by atoms with Crippen LogP contribution in [0.2, 0.25) is 5.15 Å². The van der Waals surface area contributed by atoms with Gasteiger partial charge in [0.25, 0.3) is 5.56 Å². The zero-order valence-corrected chi connectivity index (χ0v) is 13.2. The highest BCUT2D eigenvalue weighted by Gasteiger charge is 2.16. The Bertz CT molecular complexity index is 906. The monoisotopic (exact) mass is 366 g/mol. The van der Waals surface area contributed by atoms with Crippen LogP contribution in [0.25, 0.3) is 16.5 Å². The van der Waals surface area contributed by atoms with E-state index in [0.717, 1.165) is 4.47 Å². The molecule has 0 amide bonds. The van der Waals surface area contributed by atoms with Crippen LogP contribution in [-0.2, 0) is 0 Å². The van der Waals surface area contributed by atoms with E-state index in [0.29, 0.717) is 22.2 Å². The van der Waals surface area contributed by atoms with Gasteiger partial charge in [0.15, 0.2) is 0 Å². The number of pyridine rings is 2. The van der Waals surface area contributed by atoms with Crippen molar-refractivity contribution in [3.8, 4) is 5.69 Å². The molecule has 0 aliphatic heterocycles. The molecule has 0 bridgehead atoms. The first kappa shape index (κ1) is 14.2. The molecule has 2 aromatic heterocycles. The molecule has 0 unspecified atom stereocenters. The molecule has 3 rings (SSSR count). The summed E-state index contributed by atoms with van der Waals surface area (Å²) >= 11 is 9.56. The fraction of sp³-hybridized carbons (Fsp3) is 0.0667. The van der Waals surface area contributed by atoms with Crippen molar-refractivity contribution in [3.05, 3.63) is 68.0 Å². The maximum Gasteiger partial charge on any atom is 0.266 e. The lowest BCUT2D eigenvalue weighted by Crippen LogP contribution is -2.22. The maximum atomic E-state index is 13.1. The number of benzene rings is 1. The van der Waals surface area contributed by atoms with Crippen LogP contribution < -0.4 is 5.56 Å². The Labute approximate surface area is 133 Å². The first-order chi connectivity index (χ1) is 10.0. The van der Waals surface area contributed by atoms with Gasteiger partial charge in [-0.1, -0.05) is 11.6 Å². The molecule has 0 atom stereocenters. The first-order valence-corrected chi connectivity index (χ1v) is 7.29. The van der Waals surface area contributed by atoms with Gasteiger partial charge in [-0.15, -0.1) is 0 Å². The van der Waals surface area contributed by atoms with Crippen LogP contribution in [0.15, 0.2) is 45.8 Å². The van der Waals surface area contributed by atoms with Crippen molar-refractivity contribution >= 4 is 38.3 Å². The summed E-state index contributed by atoms with van der Waals surface area (Å²) in [5.74, 6) is -0.357. The van der Waals surface area contributed by atoms with Gasteiger partial charge in [0.05, 0.1) is 5.39 Å². The zero-order valence-electron chi connectivity index (χ0n) is 10.9. The summed E-state index contributed by atoms with van der Waals surface area (Å²) in [5, 5.41) is 1.19. The number of aromatic nitrogens is 2. The molecule has 2 heterocycles. The minimum Gasteiger partial charge on any atom is -0.280 e. The molecule has 21 heavy (non-hydrogen) atoms. The molecular weight excluding hydrogens is 359 g/mol. The number of hydrogen-bond donors (Lipinski definition) is 0. The third kappa shape index (κ3) is 2.26. The Morgan fingerprint density at radius 3 is 2.57 bits per heavy atom. The number of nitrogens with zero attached hydrogens (tertiary/aromatic N) is 2. The predicted octanol–water partition coefficient (Wildman–Crippen LogP) is 4.25. The third-order valence-corrected chi connectivity index (χ3v) is 4.58. The van der Waals surface area contributed by atoms with Gasteiger partial charge in [-0.05, 0) is 53.2 Å². The van der Waals surface area contributed by atoms with E-state index in [9.17, 15) is 9.18 Å². The summed E-state index contributed by atoms with van der Waals surface area (Å²) in [6.45, 7) is 1.81. The van der Waals surface area contributed by atoms with Crippen molar-refractivity contribution in [2.75, 3.05) is 0 Å². The zero-order chi connectivity index (χ0) is 15.1. The Balaban J connectivity index is 2.46. The molecule has 3 aromatic rings. The van der Waals surface area contributed by atoms with Crippen molar-refractivity contribution in [3.63, 3.8) is 0 Å². The first-order valence-electron chi connectivity index (χ1n) is 6.12. The fourth-order valence-corrected chi connectivity index (χ4v) is 3.03. The summed E-state index contributed by atoms with van der Waals surface area (Å²) in [4.78, 5) is 16.7. The smallest absolute Gasteiger partial charge is 0.266 e. The lowest BCUT2D eigenvalue weighted by atomic mass is 10.2. The molecule has 0 radical (unpaired) electrons. The molecular formula is C15H9BrClFN2O. The number of rotatable bonds is 1. The van der Waals surface area contributed by atoms with Crippen molar-refractivity contribution in [2.24, 2.45) is 0 Å². The standard InChI is InChI=1S/C15H9BrClFN2O/c1-8-13(16)11-6-7-19-14(17)12(11)15(21)20(8)10-4-2-9(18)3-5-10/h2-7H,1H3. The van der Waals surface area contributed by atoms with Crippen LogP contribution in [0.5, 0.6) is 0 Å². The summed E-state index contributed by atoms with van der Waals surface area (Å²) in [5.41, 5.74) is 0.998. The van der Waals surface area contributed by atoms with Crippen molar-refractivity contribution in [1.29, 1.82) is 0 Å². The fourth-order valence-electron chi connectivity index (χ4n) is 2.28. The second-order valence-corrected chi connectivity index (χ2v) is 5.69. The molecule has 0 aliphatic carbocycles. The van der Waals surface area contributed by atoms with E-state index in [1.165, 1.54) is 16.7 Å². The topological polar surface area (TPSA) is 34.9 Å². The highest BCUT2D eigenvalue weighted by molar-refractivity contribution is 9.10.